The summed E-state index contributed by atoms with van der Waals surface area (Å²) >= 11 is 0. The van der Waals surface area contributed by atoms with Crippen molar-refractivity contribution in [1.29, 1.82) is 0 Å². The summed E-state index contributed by atoms with van der Waals surface area (Å²) < 4.78 is 25.9. The van der Waals surface area contributed by atoms with Crippen molar-refractivity contribution in [3.63, 3.8) is 0 Å². The van der Waals surface area contributed by atoms with Gasteiger partial charge in [-0.05, 0) is 32.5 Å². The minimum absolute atomic E-state index is 0.0566. The summed E-state index contributed by atoms with van der Waals surface area (Å²) in [6, 6.07) is 9.59. The lowest BCUT2D eigenvalue weighted by Gasteiger charge is -2.46. The predicted molar refractivity (Wildman–Crippen MR) is 89.8 cm³/mol. The number of hydrogen-bond acceptors (Lipinski definition) is 4. The molecule has 0 aromatic heterocycles. The van der Waals surface area contributed by atoms with E-state index < -0.39 is 10.0 Å². The van der Waals surface area contributed by atoms with E-state index in [1.165, 1.54) is 0 Å². The number of hydrogen-bond donors (Lipinski definition) is 0. The summed E-state index contributed by atoms with van der Waals surface area (Å²) in [6.07, 6.45) is 0.749. The molecule has 6 nitrogen and oxygen atoms in total. The van der Waals surface area contributed by atoms with Crippen LogP contribution in [0.1, 0.15) is 13.3 Å². The molecule has 2 aliphatic heterocycles. The summed E-state index contributed by atoms with van der Waals surface area (Å²) in [5, 5.41) is 0. The highest BCUT2D eigenvalue weighted by Gasteiger charge is 2.49. The van der Waals surface area contributed by atoms with E-state index in [9.17, 15) is 13.2 Å². The number of piperazine rings is 1. The molecule has 23 heavy (non-hydrogen) atoms. The molecule has 0 saturated carbocycles. The second-order valence-electron chi connectivity index (χ2n) is 6.38. The minimum atomic E-state index is -3.19. The topological polar surface area (TPSA) is 60.9 Å². The Hall–Kier alpha value is -1.44. The molecule has 0 bridgehead atoms. The van der Waals surface area contributed by atoms with Crippen LogP contribution in [-0.4, -0.2) is 68.0 Å². The van der Waals surface area contributed by atoms with E-state index in [0.29, 0.717) is 26.2 Å². The molecule has 7 heteroatoms. The molecule has 1 aromatic rings. The molecule has 126 valence electrons. The highest BCUT2D eigenvalue weighted by atomic mass is 32.2. The third kappa shape index (κ3) is 2.88. The lowest BCUT2D eigenvalue weighted by molar-refractivity contribution is -0.123. The molecule has 0 radical (unpaired) electrons. The first-order valence-electron chi connectivity index (χ1n) is 7.92. The Labute approximate surface area is 137 Å². The van der Waals surface area contributed by atoms with Gasteiger partial charge < -0.3 is 4.90 Å². The number of para-hydroxylation sites is 1. The predicted octanol–water partition coefficient (Wildman–Crippen LogP) is 0.759. The van der Waals surface area contributed by atoms with Gasteiger partial charge in [-0.1, -0.05) is 18.2 Å². The van der Waals surface area contributed by atoms with Crippen LogP contribution < -0.4 is 4.90 Å². The second kappa shape index (κ2) is 5.89. The highest BCUT2D eigenvalue weighted by molar-refractivity contribution is 7.89. The number of likely N-dealkylation sites (N-methyl/N-ethyl adjacent to an activating group) is 1. The lowest BCUT2D eigenvalue weighted by Crippen LogP contribution is -2.64. The van der Waals surface area contributed by atoms with E-state index in [4.69, 9.17) is 0 Å². The van der Waals surface area contributed by atoms with Gasteiger partial charge in [0, 0.05) is 25.3 Å². The van der Waals surface area contributed by atoms with Crippen molar-refractivity contribution in [1.82, 2.24) is 9.21 Å². The number of anilines is 1. The molecular formula is C16H23N3O3S. The highest BCUT2D eigenvalue weighted by Crippen LogP contribution is 2.34. The summed E-state index contributed by atoms with van der Waals surface area (Å²) in [7, 11) is -1.27. The Balaban J connectivity index is 1.87. The summed E-state index contributed by atoms with van der Waals surface area (Å²) in [4.78, 5) is 16.3. The van der Waals surface area contributed by atoms with Gasteiger partial charge in [0.1, 0.15) is 0 Å². The number of rotatable bonds is 3. The molecule has 2 heterocycles. The van der Waals surface area contributed by atoms with Crippen LogP contribution in [0.25, 0.3) is 0 Å². The third-order valence-electron chi connectivity index (χ3n) is 5.06. The SMILES string of the molecule is CCS(=O)(=O)N1CC[C@@]2(CN(c3ccccc3)C(=O)CN2C)C1. The summed E-state index contributed by atoms with van der Waals surface area (Å²) in [5.74, 6) is 0.176. The maximum absolute atomic E-state index is 12.4. The van der Waals surface area contributed by atoms with Gasteiger partial charge in [-0.2, -0.15) is 4.31 Å². The molecule has 2 aliphatic rings. The smallest absolute Gasteiger partial charge is 0.241 e. The van der Waals surface area contributed by atoms with Gasteiger partial charge in [-0.25, -0.2) is 8.42 Å². The van der Waals surface area contributed by atoms with E-state index in [0.717, 1.165) is 12.1 Å². The fraction of sp³-hybridized carbons (Fsp3) is 0.562. The van der Waals surface area contributed by atoms with Crippen molar-refractivity contribution < 1.29 is 13.2 Å². The average molecular weight is 337 g/mol. The van der Waals surface area contributed by atoms with E-state index in [-0.39, 0.29) is 17.2 Å². The second-order valence-corrected chi connectivity index (χ2v) is 8.64. The van der Waals surface area contributed by atoms with Crippen molar-refractivity contribution in [2.24, 2.45) is 0 Å². The van der Waals surface area contributed by atoms with E-state index >= 15 is 0 Å². The van der Waals surface area contributed by atoms with Crippen LogP contribution in [0.2, 0.25) is 0 Å². The van der Waals surface area contributed by atoms with Crippen molar-refractivity contribution >= 4 is 21.6 Å². The third-order valence-corrected chi connectivity index (χ3v) is 6.89. The summed E-state index contributed by atoms with van der Waals surface area (Å²) in [5.41, 5.74) is 0.577. The monoisotopic (exact) mass is 337 g/mol. The van der Waals surface area contributed by atoms with Crippen LogP contribution in [-0.2, 0) is 14.8 Å². The van der Waals surface area contributed by atoms with Crippen LogP contribution >= 0.6 is 0 Å². The quantitative estimate of drug-likeness (QED) is 0.817. The number of sulfonamides is 1. The number of amides is 1. The molecule has 1 atom stereocenters. The van der Waals surface area contributed by atoms with Crippen LogP contribution in [0.15, 0.2) is 30.3 Å². The minimum Gasteiger partial charge on any atom is -0.309 e. The molecule has 2 fully saturated rings. The molecular weight excluding hydrogens is 314 g/mol. The van der Waals surface area contributed by atoms with Crippen molar-refractivity contribution in [2.45, 2.75) is 18.9 Å². The Kier molecular flexibility index (Phi) is 4.20. The Morgan fingerprint density at radius 2 is 1.87 bits per heavy atom. The Morgan fingerprint density at radius 3 is 2.52 bits per heavy atom. The molecule has 1 amide bonds. The molecule has 3 rings (SSSR count). The van der Waals surface area contributed by atoms with Gasteiger partial charge in [0.05, 0.1) is 17.8 Å². The number of carbonyl (C=O) groups excluding carboxylic acids is 1. The van der Waals surface area contributed by atoms with E-state index in [2.05, 4.69) is 0 Å². The Bertz CT molecular complexity index is 692. The molecule has 1 aromatic carbocycles. The van der Waals surface area contributed by atoms with Crippen molar-refractivity contribution in [3.05, 3.63) is 30.3 Å². The van der Waals surface area contributed by atoms with Gasteiger partial charge in [0.25, 0.3) is 0 Å². The van der Waals surface area contributed by atoms with Gasteiger partial charge >= 0.3 is 0 Å². The zero-order chi connectivity index (χ0) is 16.7. The largest absolute Gasteiger partial charge is 0.309 e. The number of carbonyl (C=O) groups is 1. The molecule has 0 unspecified atom stereocenters. The molecule has 1 spiro atoms. The zero-order valence-corrected chi connectivity index (χ0v) is 14.4. The standard InChI is InChI=1S/C16H23N3O3S/c1-3-23(21,22)18-10-9-16(12-18)13-19(15(20)11-17(16)2)14-7-5-4-6-8-14/h4-8H,3,9-13H2,1-2H3/t16-/m0/s1. The van der Waals surface area contributed by atoms with Gasteiger partial charge in [0.15, 0.2) is 0 Å². The van der Waals surface area contributed by atoms with Crippen molar-refractivity contribution in [3.8, 4) is 0 Å². The first-order valence-corrected chi connectivity index (χ1v) is 9.53. The first-order chi connectivity index (χ1) is 10.9. The van der Waals surface area contributed by atoms with Crippen molar-refractivity contribution in [2.75, 3.05) is 43.9 Å². The van der Waals surface area contributed by atoms with Gasteiger partial charge in [-0.15, -0.1) is 0 Å². The van der Waals surface area contributed by atoms with E-state index in [1.54, 1.807) is 16.1 Å². The fourth-order valence-electron chi connectivity index (χ4n) is 3.48. The average Bonchev–Trinajstić information content (AvgIpc) is 2.98. The Morgan fingerprint density at radius 1 is 1.17 bits per heavy atom. The summed E-state index contributed by atoms with van der Waals surface area (Å²) in [6.45, 7) is 3.50. The van der Waals surface area contributed by atoms with E-state index in [1.807, 2.05) is 42.3 Å². The van der Waals surface area contributed by atoms with Gasteiger partial charge in [-0.3, -0.25) is 9.69 Å². The zero-order valence-electron chi connectivity index (χ0n) is 13.6. The molecule has 0 aliphatic carbocycles. The molecule has 2 saturated heterocycles. The number of benzene rings is 1. The van der Waals surface area contributed by atoms with Gasteiger partial charge in [0.2, 0.25) is 15.9 Å². The maximum Gasteiger partial charge on any atom is 0.241 e. The van der Waals surface area contributed by atoms with Crippen LogP contribution in [0.4, 0.5) is 5.69 Å². The molecule has 0 N–H and O–H groups in total. The normalized spacial score (nSPS) is 27.0. The van der Waals surface area contributed by atoms with Crippen LogP contribution in [0.3, 0.4) is 0 Å². The van der Waals surface area contributed by atoms with Crippen LogP contribution in [0, 0.1) is 0 Å². The number of nitrogens with zero attached hydrogens (tertiary/aromatic N) is 3. The lowest BCUT2D eigenvalue weighted by atomic mass is 9.92. The maximum atomic E-state index is 12.4. The van der Waals surface area contributed by atoms with Crippen LogP contribution in [0.5, 0.6) is 0 Å². The first kappa shape index (κ1) is 16.4. The fourth-order valence-corrected chi connectivity index (χ4v) is 4.65.